The smallest absolute Gasteiger partial charge is 0.460 e. The number of esters is 1. The van der Waals surface area contributed by atoms with E-state index < -0.39 is 78.4 Å². The van der Waals surface area contributed by atoms with Gasteiger partial charge in [-0.2, -0.15) is 10.1 Å². The Hall–Kier alpha value is -4.51. The molecule has 1 amide bonds. The number of rotatable bonds is 13. The van der Waals surface area contributed by atoms with Gasteiger partial charge in [-0.25, -0.2) is 23.3 Å². The summed E-state index contributed by atoms with van der Waals surface area (Å²) < 4.78 is 64.1. The van der Waals surface area contributed by atoms with Crippen LogP contribution in [0.4, 0.5) is 19.8 Å². The second-order valence-corrected chi connectivity index (χ2v) is 16.8. The molecule has 0 aliphatic carbocycles. The number of anilines is 1. The molecule has 3 heterocycles. The van der Waals surface area contributed by atoms with Crippen molar-refractivity contribution >= 4 is 43.5 Å². The molecule has 1 fully saturated rings. The van der Waals surface area contributed by atoms with Crippen LogP contribution in [0.25, 0.3) is 0 Å². The highest BCUT2D eigenvalue weighted by atomic mass is 32.2. The van der Waals surface area contributed by atoms with Gasteiger partial charge in [0.2, 0.25) is 0 Å². The van der Waals surface area contributed by atoms with Gasteiger partial charge in [0, 0.05) is 12.4 Å². The highest BCUT2D eigenvalue weighted by molar-refractivity contribution is 8.00. The zero-order valence-electron chi connectivity index (χ0n) is 30.2. The molecule has 2 aromatic heterocycles. The molecule has 19 heteroatoms. The molecule has 16 nitrogen and oxygen atoms in total. The lowest BCUT2D eigenvalue weighted by Crippen LogP contribution is -2.39. The van der Waals surface area contributed by atoms with Crippen molar-refractivity contribution in [2.45, 2.75) is 95.2 Å². The number of alkyl halides is 1. The van der Waals surface area contributed by atoms with Crippen molar-refractivity contribution in [3.63, 3.8) is 0 Å². The summed E-state index contributed by atoms with van der Waals surface area (Å²) in [7, 11) is -4.48. The van der Waals surface area contributed by atoms with E-state index in [9.17, 15) is 23.7 Å². The number of halogens is 1. The van der Waals surface area contributed by atoms with Gasteiger partial charge in [-0.15, -0.1) is 11.8 Å². The van der Waals surface area contributed by atoms with Gasteiger partial charge in [0.25, 0.3) is 0 Å². The molecule has 53 heavy (non-hydrogen) atoms. The average molecular weight is 780 g/mol. The molecular weight excluding hydrogens is 736 g/mol. The fraction of sp³-hybridized carbons (Fsp3) is 0.471. The molecule has 0 bridgehead atoms. The maximum Gasteiger partial charge on any atom is 0.509 e. The van der Waals surface area contributed by atoms with Crippen LogP contribution < -0.4 is 20.6 Å². The highest BCUT2D eigenvalue weighted by Crippen LogP contribution is 2.49. The molecular formula is C34H43FN5O11PS. The van der Waals surface area contributed by atoms with E-state index in [2.05, 4.69) is 20.4 Å². The summed E-state index contributed by atoms with van der Waals surface area (Å²) >= 11 is 0.829. The van der Waals surface area contributed by atoms with Crippen molar-refractivity contribution in [1.29, 1.82) is 0 Å². The number of benzene rings is 1. The van der Waals surface area contributed by atoms with E-state index in [0.717, 1.165) is 21.9 Å². The Labute approximate surface area is 310 Å². The Morgan fingerprint density at radius 1 is 1.02 bits per heavy atom. The van der Waals surface area contributed by atoms with Crippen LogP contribution in [0, 0.1) is 0 Å². The van der Waals surface area contributed by atoms with Gasteiger partial charge in [0.05, 0.1) is 18.1 Å². The number of carbonyl (C=O) groups excluding carboxylic acids is 3. The van der Waals surface area contributed by atoms with Crippen LogP contribution in [0.15, 0.2) is 71.9 Å². The first kappa shape index (κ1) is 41.2. The highest BCUT2D eigenvalue weighted by Gasteiger charge is 2.50. The third-order valence-corrected chi connectivity index (χ3v) is 9.98. The molecule has 2 N–H and O–H groups in total. The first-order valence-corrected chi connectivity index (χ1v) is 18.9. The third kappa shape index (κ3) is 12.8. The molecule has 6 atom stereocenters. The minimum Gasteiger partial charge on any atom is -0.460 e. The van der Waals surface area contributed by atoms with Crippen LogP contribution in [0.2, 0.25) is 0 Å². The number of pyridine rings is 1. The number of hydrogen-bond donors (Lipinski definition) is 2. The Morgan fingerprint density at radius 2 is 1.72 bits per heavy atom. The zero-order valence-corrected chi connectivity index (χ0v) is 31.9. The van der Waals surface area contributed by atoms with Crippen molar-refractivity contribution in [2.24, 2.45) is 0 Å². The largest absolute Gasteiger partial charge is 0.509 e. The average Bonchev–Trinajstić information content (AvgIpc) is 3.35. The second kappa shape index (κ2) is 17.5. The standard InChI is InChI=1S/C34H43FN5O11PS/c1-21(29(41)46-19-22-12-9-8-10-13-22)39-52(45,51-23-14-11-16-36-18-23)47-20-24-27(48-32(44)50-34(5,6)7)26(35)28(53-24)40-17-15-25(37-30(40)42)38-31(43)49-33(2,3)4/h8-18,21,24,26-28H,19-20H2,1-7H3,(H,39,45)(H,37,38,42,43)/t21-,24+,26-,27+,28+,52?/m0/s1. The minimum absolute atomic E-state index is 0.0211. The van der Waals surface area contributed by atoms with Crippen LogP contribution >= 0.6 is 19.5 Å². The van der Waals surface area contributed by atoms with Crippen molar-refractivity contribution < 1.29 is 51.3 Å². The van der Waals surface area contributed by atoms with Crippen LogP contribution in [0.5, 0.6) is 5.75 Å². The van der Waals surface area contributed by atoms with Crippen LogP contribution in [-0.4, -0.2) is 74.1 Å². The first-order valence-electron chi connectivity index (χ1n) is 16.4. The molecule has 0 radical (unpaired) electrons. The summed E-state index contributed by atoms with van der Waals surface area (Å²) in [6.45, 7) is 10.5. The van der Waals surface area contributed by atoms with Crippen molar-refractivity contribution in [3.8, 4) is 5.75 Å². The molecule has 1 unspecified atom stereocenters. The van der Waals surface area contributed by atoms with E-state index in [4.69, 9.17) is 28.0 Å². The van der Waals surface area contributed by atoms with Gasteiger partial charge < -0.3 is 23.5 Å². The van der Waals surface area contributed by atoms with E-state index in [-0.39, 0.29) is 18.2 Å². The number of aromatic nitrogens is 3. The molecule has 0 saturated carbocycles. The number of carbonyl (C=O) groups is 3. The fourth-order valence-electron chi connectivity index (χ4n) is 4.61. The van der Waals surface area contributed by atoms with Gasteiger partial charge in [-0.3, -0.25) is 24.2 Å². The second-order valence-electron chi connectivity index (χ2n) is 13.7. The molecule has 1 aromatic carbocycles. The number of ether oxygens (including phenoxy) is 4. The quantitative estimate of drug-likeness (QED) is 0.113. The monoisotopic (exact) mass is 779 g/mol. The van der Waals surface area contributed by atoms with Gasteiger partial charge in [0.15, 0.2) is 12.3 Å². The zero-order chi connectivity index (χ0) is 39.0. The number of nitrogens with zero attached hydrogens (tertiary/aromatic N) is 3. The van der Waals surface area contributed by atoms with Crippen molar-refractivity contribution in [2.75, 3.05) is 11.9 Å². The molecule has 4 rings (SSSR count). The predicted octanol–water partition coefficient (Wildman–Crippen LogP) is 6.18. The van der Waals surface area contributed by atoms with Crippen molar-refractivity contribution in [3.05, 3.63) is 83.2 Å². The van der Waals surface area contributed by atoms with Crippen molar-refractivity contribution in [1.82, 2.24) is 19.6 Å². The summed E-state index contributed by atoms with van der Waals surface area (Å²) in [5.41, 5.74) is -2.01. The summed E-state index contributed by atoms with van der Waals surface area (Å²) in [4.78, 5) is 58.7. The number of amides is 1. The number of nitrogens with one attached hydrogen (secondary N) is 2. The van der Waals surface area contributed by atoms with Gasteiger partial charge in [0.1, 0.15) is 40.8 Å². The number of hydrogen-bond acceptors (Lipinski definition) is 14. The third-order valence-electron chi connectivity index (χ3n) is 6.82. The Bertz CT molecular complexity index is 1830. The normalized spacial score (nSPS) is 20.4. The lowest BCUT2D eigenvalue weighted by Gasteiger charge is -2.26. The van der Waals surface area contributed by atoms with Gasteiger partial charge in [-0.05, 0) is 72.2 Å². The fourth-order valence-corrected chi connectivity index (χ4v) is 7.67. The minimum atomic E-state index is -4.48. The van der Waals surface area contributed by atoms with E-state index in [1.54, 1.807) is 65.8 Å². The van der Waals surface area contributed by atoms with Gasteiger partial charge >= 0.3 is 31.7 Å². The lowest BCUT2D eigenvalue weighted by atomic mass is 10.1. The molecule has 0 spiro atoms. The summed E-state index contributed by atoms with van der Waals surface area (Å²) in [5, 5.41) is 2.46. The molecule has 1 saturated heterocycles. The maximum absolute atomic E-state index is 16.3. The molecule has 288 valence electrons. The molecule has 3 aromatic rings. The molecule has 1 aliphatic rings. The van der Waals surface area contributed by atoms with Gasteiger partial charge in [-0.1, -0.05) is 30.3 Å². The predicted molar refractivity (Wildman–Crippen MR) is 192 cm³/mol. The van der Waals surface area contributed by atoms with E-state index in [0.29, 0.717) is 0 Å². The Morgan fingerprint density at radius 3 is 2.34 bits per heavy atom. The van der Waals surface area contributed by atoms with Crippen LogP contribution in [0.1, 0.15) is 59.4 Å². The molecule has 1 aliphatic heterocycles. The van der Waals surface area contributed by atoms with Crippen LogP contribution in [-0.2, 0) is 39.4 Å². The summed E-state index contributed by atoms with van der Waals surface area (Å²) in [5.74, 6) is -0.890. The van der Waals surface area contributed by atoms with E-state index in [1.807, 2.05) is 6.07 Å². The summed E-state index contributed by atoms with van der Waals surface area (Å²) in [6, 6.07) is 11.9. The Kier molecular flexibility index (Phi) is 13.7. The Balaban J connectivity index is 1.55. The van der Waals surface area contributed by atoms with Crippen LogP contribution in [0.3, 0.4) is 0 Å². The maximum atomic E-state index is 16.3. The SMILES string of the molecule is C[C@H](NP(=O)(OC[C@H]1S[C@@H](n2ccc(NC(=O)OC(C)(C)C)nc2=O)[C@@H](F)[C@@H]1OC(=O)OC(C)(C)C)Oc1cccnc1)C(=O)OCc1ccccc1. The number of thioether (sulfide) groups is 1. The first-order chi connectivity index (χ1) is 24.8. The lowest BCUT2D eigenvalue weighted by molar-refractivity contribution is -0.146. The van der Waals surface area contributed by atoms with E-state index in [1.165, 1.54) is 43.7 Å². The summed E-state index contributed by atoms with van der Waals surface area (Å²) in [6.07, 6.45) is -1.74. The van der Waals surface area contributed by atoms with E-state index >= 15 is 4.39 Å². The topological polar surface area (TPSA) is 195 Å².